The molecule has 1 amide bonds. The molecule has 0 heterocycles. The molecule has 0 aromatic heterocycles. The second kappa shape index (κ2) is 13.0. The van der Waals surface area contributed by atoms with Crippen LogP contribution in [0.5, 0.6) is 0 Å². The Hall–Kier alpha value is -0.530. The third kappa shape index (κ3) is 10.2. The Bertz CT molecular complexity index is 328. The van der Waals surface area contributed by atoms with E-state index in [9.17, 15) is 4.79 Å². The molecule has 0 aromatic carbocycles. The number of hydrogen-bond acceptors (Lipinski definition) is 2. The number of aliphatic imine (C=N–C) groups is 1. The SMILES string of the molecule is CN=C(NCCCC(C)C)NCC(=O)NC1CCCCC1.I. The second-order valence-electron chi connectivity index (χ2n) is 6.29. The van der Waals surface area contributed by atoms with Crippen LogP contribution in [0.1, 0.15) is 58.8 Å². The van der Waals surface area contributed by atoms with Gasteiger partial charge in [-0.2, -0.15) is 0 Å². The minimum Gasteiger partial charge on any atom is -0.356 e. The fourth-order valence-corrected chi connectivity index (χ4v) is 2.63. The van der Waals surface area contributed by atoms with Gasteiger partial charge in [0.1, 0.15) is 0 Å². The normalized spacial score (nSPS) is 16.1. The van der Waals surface area contributed by atoms with E-state index in [-0.39, 0.29) is 29.9 Å². The quantitative estimate of drug-likeness (QED) is 0.255. The van der Waals surface area contributed by atoms with E-state index in [1.165, 1.54) is 25.7 Å². The van der Waals surface area contributed by atoms with E-state index in [1.807, 2.05) is 0 Å². The molecule has 0 aliphatic heterocycles. The summed E-state index contributed by atoms with van der Waals surface area (Å²) in [4.78, 5) is 16.0. The first kappa shape index (κ1) is 21.5. The first-order chi connectivity index (χ1) is 10.1. The fraction of sp³-hybridized carbons (Fsp3) is 0.875. The lowest BCUT2D eigenvalue weighted by atomic mass is 9.95. The third-order valence-electron chi connectivity index (χ3n) is 3.86. The number of guanidine groups is 1. The van der Waals surface area contributed by atoms with Crippen LogP contribution in [-0.4, -0.2) is 38.0 Å². The van der Waals surface area contributed by atoms with Crippen molar-refractivity contribution < 1.29 is 4.79 Å². The van der Waals surface area contributed by atoms with Gasteiger partial charge in [0.15, 0.2) is 5.96 Å². The van der Waals surface area contributed by atoms with E-state index >= 15 is 0 Å². The lowest BCUT2D eigenvalue weighted by Gasteiger charge is -2.23. The van der Waals surface area contributed by atoms with Gasteiger partial charge in [0, 0.05) is 19.6 Å². The largest absolute Gasteiger partial charge is 0.356 e. The van der Waals surface area contributed by atoms with Crippen molar-refractivity contribution in [3.8, 4) is 0 Å². The lowest BCUT2D eigenvalue weighted by molar-refractivity contribution is -0.120. The van der Waals surface area contributed by atoms with Crippen molar-refractivity contribution in [1.82, 2.24) is 16.0 Å². The van der Waals surface area contributed by atoms with E-state index in [1.54, 1.807) is 7.05 Å². The van der Waals surface area contributed by atoms with Crippen LogP contribution >= 0.6 is 24.0 Å². The van der Waals surface area contributed by atoms with Crippen LogP contribution in [0.3, 0.4) is 0 Å². The summed E-state index contributed by atoms with van der Waals surface area (Å²) in [6.45, 7) is 5.63. The summed E-state index contributed by atoms with van der Waals surface area (Å²) in [5.74, 6) is 1.49. The summed E-state index contributed by atoms with van der Waals surface area (Å²) in [7, 11) is 1.73. The van der Waals surface area contributed by atoms with Crippen LogP contribution in [0.25, 0.3) is 0 Å². The Balaban J connectivity index is 0.00000441. The number of rotatable bonds is 7. The van der Waals surface area contributed by atoms with Crippen LogP contribution < -0.4 is 16.0 Å². The van der Waals surface area contributed by atoms with Gasteiger partial charge in [0.05, 0.1) is 6.54 Å². The van der Waals surface area contributed by atoms with Gasteiger partial charge in [0.2, 0.25) is 5.91 Å². The average Bonchev–Trinajstić information content (AvgIpc) is 2.47. The molecule has 1 aliphatic rings. The van der Waals surface area contributed by atoms with Crippen LogP contribution in [0.15, 0.2) is 4.99 Å². The molecule has 0 saturated heterocycles. The standard InChI is InChI=1S/C16H32N4O.HI/c1-13(2)8-7-11-18-16(17-3)19-12-15(21)20-14-9-5-4-6-10-14;/h13-14H,4-12H2,1-3H3,(H,20,21)(H2,17,18,19);1H. The van der Waals surface area contributed by atoms with Gasteiger partial charge in [-0.25, -0.2) is 0 Å². The summed E-state index contributed by atoms with van der Waals surface area (Å²) in [6.07, 6.45) is 8.33. The Morgan fingerprint density at radius 1 is 1.18 bits per heavy atom. The van der Waals surface area contributed by atoms with Crippen molar-refractivity contribution in [3.05, 3.63) is 0 Å². The zero-order valence-electron chi connectivity index (χ0n) is 14.3. The van der Waals surface area contributed by atoms with Crippen molar-refractivity contribution in [2.75, 3.05) is 20.1 Å². The minimum absolute atomic E-state index is 0. The molecule has 5 nitrogen and oxygen atoms in total. The molecule has 6 heteroatoms. The van der Waals surface area contributed by atoms with Crippen molar-refractivity contribution in [1.29, 1.82) is 0 Å². The number of halogens is 1. The van der Waals surface area contributed by atoms with Gasteiger partial charge in [-0.05, 0) is 31.6 Å². The molecule has 0 atom stereocenters. The van der Waals surface area contributed by atoms with Gasteiger partial charge in [0.25, 0.3) is 0 Å². The number of carbonyl (C=O) groups is 1. The highest BCUT2D eigenvalue weighted by Gasteiger charge is 2.15. The number of nitrogens with zero attached hydrogens (tertiary/aromatic N) is 1. The summed E-state index contributed by atoms with van der Waals surface area (Å²) in [5, 5.41) is 9.41. The fourth-order valence-electron chi connectivity index (χ4n) is 2.63. The maximum absolute atomic E-state index is 11.9. The van der Waals surface area contributed by atoms with Gasteiger partial charge < -0.3 is 16.0 Å². The van der Waals surface area contributed by atoms with E-state index in [0.29, 0.717) is 18.5 Å². The van der Waals surface area contributed by atoms with Gasteiger partial charge in [-0.1, -0.05) is 33.1 Å². The molecule has 130 valence electrons. The average molecular weight is 424 g/mol. The molecule has 0 aromatic rings. The van der Waals surface area contributed by atoms with Crippen LogP contribution in [0.4, 0.5) is 0 Å². The highest BCUT2D eigenvalue weighted by atomic mass is 127. The van der Waals surface area contributed by atoms with Crippen LogP contribution in [-0.2, 0) is 4.79 Å². The summed E-state index contributed by atoms with van der Waals surface area (Å²) >= 11 is 0. The van der Waals surface area contributed by atoms with Gasteiger partial charge >= 0.3 is 0 Å². The smallest absolute Gasteiger partial charge is 0.239 e. The van der Waals surface area contributed by atoms with Gasteiger partial charge in [-0.15, -0.1) is 24.0 Å². The Labute approximate surface area is 152 Å². The lowest BCUT2D eigenvalue weighted by Crippen LogP contribution is -2.46. The maximum Gasteiger partial charge on any atom is 0.239 e. The molecular formula is C16H33IN4O. The summed E-state index contributed by atoms with van der Waals surface area (Å²) in [5.41, 5.74) is 0. The van der Waals surface area contributed by atoms with Crippen molar-refractivity contribution >= 4 is 35.8 Å². The molecule has 22 heavy (non-hydrogen) atoms. The van der Waals surface area contributed by atoms with E-state index < -0.39 is 0 Å². The molecule has 3 N–H and O–H groups in total. The van der Waals surface area contributed by atoms with E-state index in [4.69, 9.17) is 0 Å². The highest BCUT2D eigenvalue weighted by molar-refractivity contribution is 14.0. The zero-order valence-corrected chi connectivity index (χ0v) is 16.6. The molecule has 1 rings (SSSR count). The highest BCUT2D eigenvalue weighted by Crippen LogP contribution is 2.16. The Morgan fingerprint density at radius 3 is 2.45 bits per heavy atom. The molecule has 0 spiro atoms. The predicted molar refractivity (Wildman–Crippen MR) is 104 cm³/mol. The zero-order chi connectivity index (χ0) is 15.5. The molecule has 1 aliphatic carbocycles. The predicted octanol–water partition coefficient (Wildman–Crippen LogP) is 2.65. The molecule has 1 saturated carbocycles. The Morgan fingerprint density at radius 2 is 1.86 bits per heavy atom. The summed E-state index contributed by atoms with van der Waals surface area (Å²) in [6, 6.07) is 0.370. The second-order valence-corrected chi connectivity index (χ2v) is 6.29. The first-order valence-electron chi connectivity index (χ1n) is 8.35. The summed E-state index contributed by atoms with van der Waals surface area (Å²) < 4.78 is 0. The maximum atomic E-state index is 11.9. The minimum atomic E-state index is 0. The number of hydrogen-bond donors (Lipinski definition) is 3. The first-order valence-corrected chi connectivity index (χ1v) is 8.35. The van der Waals surface area contributed by atoms with E-state index in [2.05, 4.69) is 34.8 Å². The van der Waals surface area contributed by atoms with Crippen LogP contribution in [0, 0.1) is 5.92 Å². The molecule has 0 radical (unpaired) electrons. The van der Waals surface area contributed by atoms with Crippen LogP contribution in [0.2, 0.25) is 0 Å². The molecular weight excluding hydrogens is 391 g/mol. The van der Waals surface area contributed by atoms with Crippen molar-refractivity contribution in [2.24, 2.45) is 10.9 Å². The number of carbonyl (C=O) groups excluding carboxylic acids is 1. The van der Waals surface area contributed by atoms with Crippen molar-refractivity contribution in [2.45, 2.75) is 64.8 Å². The molecule has 0 bridgehead atoms. The van der Waals surface area contributed by atoms with Crippen molar-refractivity contribution in [3.63, 3.8) is 0 Å². The topological polar surface area (TPSA) is 65.5 Å². The third-order valence-corrected chi connectivity index (χ3v) is 3.86. The number of nitrogens with one attached hydrogen (secondary N) is 3. The van der Waals surface area contributed by atoms with Gasteiger partial charge in [-0.3, -0.25) is 9.79 Å². The molecule has 0 unspecified atom stereocenters. The monoisotopic (exact) mass is 424 g/mol. The Kier molecular flexibility index (Phi) is 12.6. The number of amides is 1. The van der Waals surface area contributed by atoms with E-state index in [0.717, 1.165) is 31.7 Å². The molecule has 1 fully saturated rings.